The Balaban J connectivity index is 1.54. The van der Waals surface area contributed by atoms with Crippen molar-refractivity contribution in [2.24, 2.45) is 7.05 Å². The lowest BCUT2D eigenvalue weighted by Crippen LogP contribution is -2.17. The number of pyridine rings is 1. The molecule has 1 amide bonds. The summed E-state index contributed by atoms with van der Waals surface area (Å²) in [6, 6.07) is 12.1. The molecule has 4 aromatic rings. The van der Waals surface area contributed by atoms with E-state index in [9.17, 15) is 9.59 Å². The number of carbonyl (C=O) groups excluding carboxylic acids is 1. The van der Waals surface area contributed by atoms with E-state index in [4.69, 9.17) is 9.47 Å². The number of aryl methyl sites for hydroxylation is 1. The fourth-order valence-corrected chi connectivity index (χ4v) is 3.35. The first-order chi connectivity index (χ1) is 13.6. The number of hydrogen-bond acceptors (Lipinski definition) is 5. The lowest BCUT2D eigenvalue weighted by Gasteiger charge is -2.19. The largest absolute Gasteiger partial charge is 0.486 e. The van der Waals surface area contributed by atoms with Crippen LogP contribution in [0.1, 0.15) is 10.5 Å². The average molecular weight is 376 g/mol. The molecule has 0 aliphatic carbocycles. The molecule has 1 aliphatic heterocycles. The van der Waals surface area contributed by atoms with E-state index < -0.39 is 0 Å². The first kappa shape index (κ1) is 16.4. The maximum absolute atomic E-state index is 12.8. The van der Waals surface area contributed by atoms with Crippen molar-refractivity contribution in [3.8, 4) is 11.5 Å². The van der Waals surface area contributed by atoms with Crippen LogP contribution in [0.3, 0.4) is 0 Å². The molecule has 0 bridgehead atoms. The first-order valence-corrected chi connectivity index (χ1v) is 8.79. The van der Waals surface area contributed by atoms with Crippen LogP contribution in [0.15, 0.2) is 53.5 Å². The molecule has 0 spiro atoms. The van der Waals surface area contributed by atoms with Crippen molar-refractivity contribution in [1.82, 2.24) is 14.0 Å². The van der Waals surface area contributed by atoms with Crippen molar-refractivity contribution in [3.05, 3.63) is 64.7 Å². The lowest BCUT2D eigenvalue weighted by atomic mass is 10.2. The highest BCUT2D eigenvalue weighted by Gasteiger charge is 2.19. The highest BCUT2D eigenvalue weighted by atomic mass is 16.6. The molecule has 0 saturated carbocycles. The molecule has 1 N–H and O–H groups in total. The average Bonchev–Trinajstić information content (AvgIpc) is 3.05. The standard InChI is InChI=1S/C20H16N4O4/c1-23-14(11-13-18(23)22-17-4-2-3-7-24(17)20(13)26)19(25)21-12-5-6-15-16(10-12)28-9-8-27-15/h2-7,10-11H,8-9H2,1H3,(H,21,25). The third kappa shape index (κ3) is 2.50. The van der Waals surface area contributed by atoms with Crippen molar-refractivity contribution in [1.29, 1.82) is 0 Å². The van der Waals surface area contributed by atoms with Gasteiger partial charge in [-0.25, -0.2) is 4.98 Å². The SMILES string of the molecule is Cn1c(C(=O)Nc2ccc3c(c2)OCCO3)cc2c(=O)n3ccccc3nc21. The monoisotopic (exact) mass is 376 g/mol. The van der Waals surface area contributed by atoms with Crippen molar-refractivity contribution in [3.63, 3.8) is 0 Å². The van der Waals surface area contributed by atoms with Crippen molar-refractivity contribution in [2.45, 2.75) is 0 Å². The predicted molar refractivity (Wildman–Crippen MR) is 103 cm³/mol. The van der Waals surface area contributed by atoms with E-state index in [-0.39, 0.29) is 11.5 Å². The highest BCUT2D eigenvalue weighted by Crippen LogP contribution is 2.32. The van der Waals surface area contributed by atoms with Gasteiger partial charge >= 0.3 is 0 Å². The number of nitrogens with one attached hydrogen (secondary N) is 1. The molecular formula is C20H16N4O4. The number of ether oxygens (including phenoxy) is 2. The van der Waals surface area contributed by atoms with Gasteiger partial charge in [0.2, 0.25) is 0 Å². The fraction of sp³-hybridized carbons (Fsp3) is 0.150. The molecule has 0 unspecified atom stereocenters. The predicted octanol–water partition coefficient (Wildman–Crippen LogP) is 2.21. The van der Waals surface area contributed by atoms with Gasteiger partial charge in [-0.1, -0.05) is 6.07 Å². The molecule has 0 atom stereocenters. The van der Waals surface area contributed by atoms with Crippen molar-refractivity contribution >= 4 is 28.3 Å². The van der Waals surface area contributed by atoms with Crippen LogP contribution in [-0.4, -0.2) is 33.1 Å². The second-order valence-corrected chi connectivity index (χ2v) is 6.48. The Morgan fingerprint density at radius 3 is 2.79 bits per heavy atom. The molecule has 1 aliphatic rings. The van der Waals surface area contributed by atoms with E-state index in [0.717, 1.165) is 0 Å². The van der Waals surface area contributed by atoms with E-state index in [2.05, 4.69) is 10.3 Å². The van der Waals surface area contributed by atoms with Crippen LogP contribution in [0.25, 0.3) is 16.7 Å². The Labute approximate surface area is 158 Å². The van der Waals surface area contributed by atoms with Gasteiger partial charge in [-0.05, 0) is 30.3 Å². The maximum Gasteiger partial charge on any atom is 0.272 e. The summed E-state index contributed by atoms with van der Waals surface area (Å²) in [5.41, 5.74) is 1.69. The second-order valence-electron chi connectivity index (χ2n) is 6.48. The summed E-state index contributed by atoms with van der Waals surface area (Å²) in [4.78, 5) is 30.1. The minimum atomic E-state index is -0.342. The lowest BCUT2D eigenvalue weighted by molar-refractivity contribution is 0.101. The Morgan fingerprint density at radius 1 is 1.11 bits per heavy atom. The quantitative estimate of drug-likeness (QED) is 0.580. The number of nitrogens with zero attached hydrogens (tertiary/aromatic N) is 3. The molecule has 5 rings (SSSR count). The number of carbonyl (C=O) groups is 1. The van der Waals surface area contributed by atoms with Gasteiger partial charge in [0.25, 0.3) is 11.5 Å². The zero-order valence-electron chi connectivity index (χ0n) is 15.0. The van der Waals surface area contributed by atoms with Crippen molar-refractivity contribution in [2.75, 3.05) is 18.5 Å². The summed E-state index contributed by atoms with van der Waals surface area (Å²) in [6.07, 6.45) is 1.66. The van der Waals surface area contributed by atoms with Gasteiger partial charge < -0.3 is 19.4 Å². The summed E-state index contributed by atoms with van der Waals surface area (Å²) < 4.78 is 14.1. The summed E-state index contributed by atoms with van der Waals surface area (Å²) in [7, 11) is 1.72. The minimum Gasteiger partial charge on any atom is -0.486 e. The van der Waals surface area contributed by atoms with Gasteiger partial charge in [-0.15, -0.1) is 0 Å². The molecule has 4 heterocycles. The van der Waals surface area contributed by atoms with Crippen LogP contribution >= 0.6 is 0 Å². The summed E-state index contributed by atoms with van der Waals surface area (Å²) >= 11 is 0. The molecule has 0 saturated heterocycles. The number of hydrogen-bond donors (Lipinski definition) is 1. The maximum atomic E-state index is 12.8. The van der Waals surface area contributed by atoms with E-state index in [1.54, 1.807) is 54.2 Å². The number of anilines is 1. The van der Waals surface area contributed by atoms with Crippen LogP contribution in [0, 0.1) is 0 Å². The van der Waals surface area contributed by atoms with Gasteiger partial charge in [0, 0.05) is 25.0 Å². The molecule has 28 heavy (non-hydrogen) atoms. The van der Waals surface area contributed by atoms with Gasteiger partial charge in [0.05, 0.1) is 5.39 Å². The van der Waals surface area contributed by atoms with Crippen LogP contribution in [0.2, 0.25) is 0 Å². The number of amides is 1. The molecule has 0 radical (unpaired) electrons. The van der Waals surface area contributed by atoms with Crippen LogP contribution < -0.4 is 20.3 Å². The Bertz CT molecular complexity index is 1310. The molecule has 3 aromatic heterocycles. The van der Waals surface area contributed by atoms with Crippen molar-refractivity contribution < 1.29 is 14.3 Å². The third-order valence-electron chi connectivity index (χ3n) is 4.74. The summed E-state index contributed by atoms with van der Waals surface area (Å²) in [6.45, 7) is 0.975. The van der Waals surface area contributed by atoms with E-state index in [1.165, 1.54) is 4.40 Å². The number of rotatable bonds is 2. The molecule has 8 nitrogen and oxygen atoms in total. The zero-order valence-corrected chi connectivity index (χ0v) is 15.0. The van der Waals surface area contributed by atoms with Gasteiger partial charge in [-0.2, -0.15) is 0 Å². The van der Waals surface area contributed by atoms with Crippen LogP contribution in [0.5, 0.6) is 11.5 Å². The third-order valence-corrected chi connectivity index (χ3v) is 4.74. The zero-order chi connectivity index (χ0) is 19.3. The number of fused-ring (bicyclic) bond motifs is 3. The van der Waals surface area contributed by atoms with Gasteiger partial charge in [-0.3, -0.25) is 14.0 Å². The van der Waals surface area contributed by atoms with Gasteiger partial charge in [0.15, 0.2) is 11.5 Å². The van der Waals surface area contributed by atoms with E-state index >= 15 is 0 Å². The fourth-order valence-electron chi connectivity index (χ4n) is 3.35. The Kier molecular flexibility index (Phi) is 3.58. The second kappa shape index (κ2) is 6.12. The Morgan fingerprint density at radius 2 is 1.93 bits per heavy atom. The topological polar surface area (TPSA) is 86.9 Å². The number of benzene rings is 1. The van der Waals surface area contributed by atoms with Gasteiger partial charge in [0.1, 0.15) is 30.2 Å². The summed E-state index contributed by atoms with van der Waals surface area (Å²) in [5, 5.41) is 3.23. The smallest absolute Gasteiger partial charge is 0.272 e. The first-order valence-electron chi connectivity index (χ1n) is 8.79. The van der Waals surface area contributed by atoms with Crippen LogP contribution in [-0.2, 0) is 7.05 Å². The molecule has 8 heteroatoms. The minimum absolute atomic E-state index is 0.213. The molecule has 1 aromatic carbocycles. The van der Waals surface area contributed by atoms with E-state index in [0.29, 0.717) is 52.8 Å². The number of aromatic nitrogens is 3. The molecule has 0 fully saturated rings. The normalized spacial score (nSPS) is 13.0. The Hall–Kier alpha value is -3.81. The van der Waals surface area contributed by atoms with Crippen LogP contribution in [0.4, 0.5) is 5.69 Å². The summed E-state index contributed by atoms with van der Waals surface area (Å²) in [5.74, 6) is 0.899. The van der Waals surface area contributed by atoms with E-state index in [1.807, 2.05) is 6.07 Å². The highest BCUT2D eigenvalue weighted by molar-refractivity contribution is 6.06. The molecule has 140 valence electrons. The molecular weight excluding hydrogens is 360 g/mol.